The van der Waals surface area contributed by atoms with E-state index in [0.29, 0.717) is 11.7 Å². The number of hydrogen-bond donors (Lipinski definition) is 4. The van der Waals surface area contributed by atoms with Gasteiger partial charge >= 0.3 is 5.97 Å². The van der Waals surface area contributed by atoms with Gasteiger partial charge in [0.2, 0.25) is 5.91 Å². The van der Waals surface area contributed by atoms with Crippen LogP contribution < -0.4 is 11.1 Å². The van der Waals surface area contributed by atoms with Gasteiger partial charge in [-0.1, -0.05) is 89.1 Å². The number of benzene rings is 1. The summed E-state index contributed by atoms with van der Waals surface area (Å²) in [4.78, 5) is 38.3. The minimum atomic E-state index is -1.14. The fourth-order valence-corrected chi connectivity index (χ4v) is 4.31. The molecule has 0 bridgehead atoms. The molecule has 1 unspecified atom stereocenters. The number of rotatable bonds is 11. The third-order valence-corrected chi connectivity index (χ3v) is 6.14. The molecular formula is C28H43N3O6. The molecule has 0 aliphatic heterocycles. The number of nitrogens with one attached hydrogen (secondary N) is 1. The highest BCUT2D eigenvalue weighted by molar-refractivity contribution is 5.94. The molecule has 1 atom stereocenters. The Hall–Kier alpha value is -3.20. The van der Waals surface area contributed by atoms with E-state index < -0.39 is 24.3 Å². The molecule has 0 saturated heterocycles. The average molecular weight is 518 g/mol. The zero-order valence-corrected chi connectivity index (χ0v) is 22.4. The number of primary amides is 1. The number of aliphatic hydroxyl groups excluding tert-OH is 1. The number of hydrogen-bond acceptors (Lipinski definition) is 6. The second-order valence-electron chi connectivity index (χ2n) is 8.98. The van der Waals surface area contributed by atoms with Crippen molar-refractivity contribution in [2.45, 2.75) is 91.1 Å². The van der Waals surface area contributed by atoms with E-state index in [4.69, 9.17) is 20.4 Å². The number of nitrogens with two attached hydrogens (primary N) is 1. The van der Waals surface area contributed by atoms with Crippen molar-refractivity contribution in [3.8, 4) is 0 Å². The maximum absolute atomic E-state index is 12.1. The lowest BCUT2D eigenvalue weighted by Gasteiger charge is -2.22. The number of aliphatic carboxylic acids is 1. The van der Waals surface area contributed by atoms with Crippen LogP contribution in [-0.2, 0) is 16.2 Å². The summed E-state index contributed by atoms with van der Waals surface area (Å²) < 4.78 is 5.62. The molecule has 1 aromatic heterocycles. The van der Waals surface area contributed by atoms with Crippen molar-refractivity contribution in [2.75, 3.05) is 6.54 Å². The van der Waals surface area contributed by atoms with Gasteiger partial charge in [0, 0.05) is 12.3 Å². The number of nitrogens with zero attached hydrogens (tertiary/aromatic N) is 1. The Labute approximate surface area is 219 Å². The fraction of sp³-hybridized carbons (Fsp3) is 0.571. The predicted octanol–water partition coefficient (Wildman–Crippen LogP) is 4.71. The van der Waals surface area contributed by atoms with Gasteiger partial charge in [-0.15, -0.1) is 0 Å². The standard InChI is InChI=1S/C19H29N3O5.C7H8O.C2H6/c1-12-17(18(26)21-11-16(24)25)22-19(27-12)14(10-15(20)23)9-5-8-13-6-3-2-4-7-13;8-6-7-4-2-1-3-5-7;1-2/h13-14H,2-11H2,1H3,(H2,20,23)(H,21,26)(H,24,25);1-5,8H,6H2;1-2H3. The van der Waals surface area contributed by atoms with Gasteiger partial charge in [0.1, 0.15) is 12.3 Å². The molecule has 1 heterocycles. The van der Waals surface area contributed by atoms with E-state index in [-0.39, 0.29) is 24.6 Å². The number of carboxylic acids is 1. The monoisotopic (exact) mass is 517 g/mol. The molecule has 1 aliphatic carbocycles. The summed E-state index contributed by atoms with van der Waals surface area (Å²) in [6.07, 6.45) is 9.34. The van der Waals surface area contributed by atoms with E-state index >= 15 is 0 Å². The summed E-state index contributed by atoms with van der Waals surface area (Å²) >= 11 is 0. The Morgan fingerprint density at radius 2 is 1.78 bits per heavy atom. The second-order valence-corrected chi connectivity index (χ2v) is 8.98. The number of aliphatic hydroxyl groups is 1. The fourth-order valence-electron chi connectivity index (χ4n) is 4.31. The molecule has 1 aromatic carbocycles. The van der Waals surface area contributed by atoms with Crippen molar-refractivity contribution >= 4 is 17.8 Å². The third-order valence-electron chi connectivity index (χ3n) is 6.14. The minimum Gasteiger partial charge on any atom is -0.480 e. The number of amides is 2. The first-order chi connectivity index (χ1) is 17.8. The van der Waals surface area contributed by atoms with Crippen LogP contribution >= 0.6 is 0 Å². The SMILES string of the molecule is CC.Cc1oc(C(CCCC2CCCCC2)CC(N)=O)nc1C(=O)NCC(=O)O.OCc1ccccc1. The van der Waals surface area contributed by atoms with Crippen molar-refractivity contribution < 1.29 is 29.0 Å². The normalized spacial score (nSPS) is 13.8. The van der Waals surface area contributed by atoms with Gasteiger partial charge in [-0.25, -0.2) is 4.98 Å². The number of aromatic nitrogens is 1. The van der Waals surface area contributed by atoms with Gasteiger partial charge in [0.05, 0.1) is 6.61 Å². The van der Waals surface area contributed by atoms with E-state index in [9.17, 15) is 14.4 Å². The smallest absolute Gasteiger partial charge is 0.322 e. The molecule has 5 N–H and O–H groups in total. The molecule has 0 spiro atoms. The quantitative estimate of drug-likeness (QED) is 0.336. The maximum atomic E-state index is 12.1. The predicted molar refractivity (Wildman–Crippen MR) is 142 cm³/mol. The Kier molecular flexibility index (Phi) is 15.6. The highest BCUT2D eigenvalue weighted by Gasteiger charge is 2.25. The lowest BCUT2D eigenvalue weighted by molar-refractivity contribution is -0.135. The maximum Gasteiger partial charge on any atom is 0.322 e. The summed E-state index contributed by atoms with van der Waals surface area (Å²) in [7, 11) is 0. The largest absolute Gasteiger partial charge is 0.480 e. The lowest BCUT2D eigenvalue weighted by Crippen LogP contribution is -2.30. The number of aryl methyl sites for hydroxylation is 1. The number of carbonyl (C=O) groups is 3. The van der Waals surface area contributed by atoms with Crippen LogP contribution in [-0.4, -0.2) is 39.5 Å². The van der Waals surface area contributed by atoms with Crippen molar-refractivity contribution in [3.05, 3.63) is 53.2 Å². The van der Waals surface area contributed by atoms with Crippen LogP contribution in [0.3, 0.4) is 0 Å². The summed E-state index contributed by atoms with van der Waals surface area (Å²) in [6, 6.07) is 9.52. The number of oxazole rings is 1. The van der Waals surface area contributed by atoms with Gasteiger partial charge in [0.25, 0.3) is 5.91 Å². The Morgan fingerprint density at radius 3 is 2.32 bits per heavy atom. The van der Waals surface area contributed by atoms with Crippen LogP contribution in [0.25, 0.3) is 0 Å². The molecule has 37 heavy (non-hydrogen) atoms. The van der Waals surface area contributed by atoms with Crippen LogP contribution in [0.2, 0.25) is 0 Å². The highest BCUT2D eigenvalue weighted by atomic mass is 16.4. The van der Waals surface area contributed by atoms with Crippen LogP contribution in [0, 0.1) is 12.8 Å². The zero-order valence-electron chi connectivity index (χ0n) is 22.4. The van der Waals surface area contributed by atoms with Crippen molar-refractivity contribution in [3.63, 3.8) is 0 Å². The third kappa shape index (κ3) is 12.5. The van der Waals surface area contributed by atoms with Crippen LogP contribution in [0.1, 0.15) is 105 Å². The Bertz CT molecular complexity index is 939. The first-order valence-electron chi connectivity index (χ1n) is 13.2. The second kappa shape index (κ2) is 18.1. The van der Waals surface area contributed by atoms with Gasteiger partial charge in [-0.05, 0) is 24.8 Å². The van der Waals surface area contributed by atoms with Gasteiger partial charge in [-0.3, -0.25) is 14.4 Å². The van der Waals surface area contributed by atoms with E-state index in [2.05, 4.69) is 10.3 Å². The lowest BCUT2D eigenvalue weighted by atomic mass is 9.84. The zero-order chi connectivity index (χ0) is 27.6. The van der Waals surface area contributed by atoms with Crippen LogP contribution in [0.15, 0.2) is 34.7 Å². The summed E-state index contributed by atoms with van der Waals surface area (Å²) in [6.45, 7) is 5.24. The molecule has 2 amide bonds. The first-order valence-corrected chi connectivity index (χ1v) is 13.2. The van der Waals surface area contributed by atoms with Crippen molar-refractivity contribution in [1.82, 2.24) is 10.3 Å². The Balaban J connectivity index is 0.000000574. The molecule has 2 aromatic rings. The van der Waals surface area contributed by atoms with Gasteiger partial charge in [-0.2, -0.15) is 0 Å². The molecule has 206 valence electrons. The minimum absolute atomic E-state index is 0.0491. The van der Waals surface area contributed by atoms with Gasteiger partial charge < -0.3 is 25.7 Å². The van der Waals surface area contributed by atoms with Crippen molar-refractivity contribution in [1.29, 1.82) is 0 Å². The first kappa shape index (κ1) is 31.8. The summed E-state index contributed by atoms with van der Waals surface area (Å²) in [5, 5.41) is 19.5. The van der Waals surface area contributed by atoms with Crippen LogP contribution in [0.4, 0.5) is 0 Å². The van der Waals surface area contributed by atoms with E-state index in [1.54, 1.807) is 6.92 Å². The number of carboxylic acid groups (broad SMARTS) is 1. The molecule has 1 fully saturated rings. The average Bonchev–Trinajstić information content (AvgIpc) is 3.30. The molecule has 9 nitrogen and oxygen atoms in total. The highest BCUT2D eigenvalue weighted by Crippen LogP contribution is 2.31. The number of carbonyl (C=O) groups excluding carboxylic acids is 2. The molecule has 1 saturated carbocycles. The molecule has 9 heteroatoms. The molecule has 1 aliphatic rings. The van der Waals surface area contributed by atoms with Gasteiger partial charge in [0.15, 0.2) is 11.6 Å². The molecular weight excluding hydrogens is 474 g/mol. The molecule has 0 radical (unpaired) electrons. The molecule has 3 rings (SSSR count). The van der Waals surface area contributed by atoms with Crippen LogP contribution in [0.5, 0.6) is 0 Å². The van der Waals surface area contributed by atoms with Crippen molar-refractivity contribution in [2.24, 2.45) is 11.7 Å². The summed E-state index contributed by atoms with van der Waals surface area (Å²) in [5.41, 5.74) is 6.39. The topological polar surface area (TPSA) is 156 Å². The summed E-state index contributed by atoms with van der Waals surface area (Å²) in [5.74, 6) is -1.10. The Morgan fingerprint density at radius 1 is 1.14 bits per heavy atom. The van der Waals surface area contributed by atoms with E-state index in [1.807, 2.05) is 44.2 Å². The van der Waals surface area contributed by atoms with E-state index in [0.717, 1.165) is 30.7 Å². The van der Waals surface area contributed by atoms with E-state index in [1.165, 1.54) is 32.1 Å².